The first-order chi connectivity index (χ1) is 9.25. The molecule has 0 saturated carbocycles. The highest BCUT2D eigenvalue weighted by molar-refractivity contribution is 5.68. The molecule has 1 atom stereocenters. The Labute approximate surface area is 111 Å². The maximum absolute atomic E-state index is 10.9. The predicted molar refractivity (Wildman–Crippen MR) is 71.5 cm³/mol. The number of rotatable bonds is 3. The number of hydrogen-bond donors (Lipinski definition) is 1. The fraction of sp³-hybridized carbons (Fsp3) is 0.333. The highest BCUT2D eigenvalue weighted by atomic mass is 16.4. The van der Waals surface area contributed by atoms with Gasteiger partial charge in [-0.2, -0.15) is 5.10 Å². The maximum Gasteiger partial charge on any atom is 0.303 e. The van der Waals surface area contributed by atoms with Gasteiger partial charge in [-0.25, -0.2) is 4.68 Å². The van der Waals surface area contributed by atoms with Gasteiger partial charge in [0.15, 0.2) is 0 Å². The molecule has 0 amide bonds. The Hall–Kier alpha value is -2.10. The van der Waals surface area contributed by atoms with Crippen molar-refractivity contribution in [2.24, 2.45) is 0 Å². The van der Waals surface area contributed by atoms with E-state index in [1.807, 2.05) is 41.2 Å². The number of carbonyl (C=O) groups is 1. The first-order valence-corrected chi connectivity index (χ1v) is 6.59. The van der Waals surface area contributed by atoms with Crippen LogP contribution in [-0.4, -0.2) is 20.9 Å². The molecule has 4 heteroatoms. The lowest BCUT2D eigenvalue weighted by Crippen LogP contribution is -2.14. The molecule has 1 aromatic heterocycles. The largest absolute Gasteiger partial charge is 0.481 e. The summed E-state index contributed by atoms with van der Waals surface area (Å²) in [5.41, 5.74) is 3.32. The third-order valence-electron chi connectivity index (χ3n) is 3.73. The summed E-state index contributed by atoms with van der Waals surface area (Å²) in [4.78, 5) is 10.9. The lowest BCUT2D eigenvalue weighted by Gasteiger charge is -2.21. The van der Waals surface area contributed by atoms with Crippen LogP contribution in [0.15, 0.2) is 36.5 Å². The van der Waals surface area contributed by atoms with E-state index in [9.17, 15) is 4.79 Å². The molecule has 1 N–H and O–H groups in total. The quantitative estimate of drug-likeness (QED) is 0.918. The van der Waals surface area contributed by atoms with E-state index in [0.29, 0.717) is 0 Å². The number of fused-ring (bicyclic) bond motifs is 1. The van der Waals surface area contributed by atoms with Crippen molar-refractivity contribution in [3.8, 4) is 5.69 Å². The lowest BCUT2D eigenvalue weighted by molar-refractivity contribution is -0.137. The first-order valence-electron chi connectivity index (χ1n) is 6.59. The summed E-state index contributed by atoms with van der Waals surface area (Å²) in [6.45, 7) is 0. The van der Waals surface area contributed by atoms with E-state index < -0.39 is 5.97 Å². The number of nitrogens with zero attached hydrogens (tertiary/aromatic N) is 2. The fourth-order valence-corrected chi connectivity index (χ4v) is 2.86. The predicted octanol–water partition coefficient (Wildman–Crippen LogP) is 2.77. The second kappa shape index (κ2) is 4.88. The number of aromatic nitrogens is 2. The van der Waals surface area contributed by atoms with Gasteiger partial charge in [-0.3, -0.25) is 4.79 Å². The van der Waals surface area contributed by atoms with Gasteiger partial charge < -0.3 is 5.11 Å². The molecule has 0 unspecified atom stereocenters. The van der Waals surface area contributed by atoms with Gasteiger partial charge in [-0.05, 0) is 42.9 Å². The third-order valence-corrected chi connectivity index (χ3v) is 3.73. The number of hydrogen-bond acceptors (Lipinski definition) is 2. The molecule has 1 heterocycles. The molecule has 19 heavy (non-hydrogen) atoms. The van der Waals surface area contributed by atoms with Crippen LogP contribution in [0.3, 0.4) is 0 Å². The lowest BCUT2D eigenvalue weighted by atomic mass is 9.85. The zero-order valence-corrected chi connectivity index (χ0v) is 10.6. The average Bonchev–Trinajstić information content (AvgIpc) is 2.84. The van der Waals surface area contributed by atoms with Crippen molar-refractivity contribution in [2.75, 3.05) is 0 Å². The van der Waals surface area contributed by atoms with Gasteiger partial charge in [0.25, 0.3) is 0 Å². The molecule has 3 rings (SSSR count). The molecular formula is C15H16N2O2. The Kier molecular flexibility index (Phi) is 3.07. The molecule has 0 saturated heterocycles. The van der Waals surface area contributed by atoms with E-state index in [-0.39, 0.29) is 12.3 Å². The standard InChI is InChI=1S/C15H16N2O2/c18-15(19)9-11-5-4-8-14-13(11)10-16-17(14)12-6-2-1-3-7-12/h1-3,6-7,10-11H,4-5,8-9H2,(H,18,19)/t11-/m1/s1. The summed E-state index contributed by atoms with van der Waals surface area (Å²) in [5.74, 6) is -0.621. The molecule has 1 aliphatic carbocycles. The van der Waals surface area contributed by atoms with Crippen LogP contribution in [0.2, 0.25) is 0 Å². The SMILES string of the molecule is O=C(O)C[C@H]1CCCc2c1cnn2-c1ccccc1. The van der Waals surface area contributed by atoms with Crippen molar-refractivity contribution >= 4 is 5.97 Å². The zero-order chi connectivity index (χ0) is 13.2. The van der Waals surface area contributed by atoms with Crippen molar-refractivity contribution in [1.82, 2.24) is 9.78 Å². The van der Waals surface area contributed by atoms with Crippen molar-refractivity contribution in [3.05, 3.63) is 47.8 Å². The summed E-state index contributed by atoms with van der Waals surface area (Å²) in [6.07, 6.45) is 4.99. The van der Waals surface area contributed by atoms with Crippen LogP contribution in [0.5, 0.6) is 0 Å². The maximum atomic E-state index is 10.9. The van der Waals surface area contributed by atoms with Gasteiger partial charge in [0.1, 0.15) is 0 Å². The van der Waals surface area contributed by atoms with Gasteiger partial charge in [-0.15, -0.1) is 0 Å². The highest BCUT2D eigenvalue weighted by Crippen LogP contribution is 2.34. The Morgan fingerprint density at radius 2 is 2.16 bits per heavy atom. The Morgan fingerprint density at radius 1 is 1.37 bits per heavy atom. The van der Waals surface area contributed by atoms with Crippen molar-refractivity contribution < 1.29 is 9.90 Å². The van der Waals surface area contributed by atoms with Gasteiger partial charge in [0.05, 0.1) is 18.3 Å². The van der Waals surface area contributed by atoms with Gasteiger partial charge in [0.2, 0.25) is 0 Å². The smallest absolute Gasteiger partial charge is 0.303 e. The minimum absolute atomic E-state index is 0.110. The molecule has 4 nitrogen and oxygen atoms in total. The highest BCUT2D eigenvalue weighted by Gasteiger charge is 2.26. The second-order valence-corrected chi connectivity index (χ2v) is 4.98. The van der Waals surface area contributed by atoms with Crippen molar-refractivity contribution in [1.29, 1.82) is 0 Å². The van der Waals surface area contributed by atoms with Crippen LogP contribution in [0.25, 0.3) is 5.69 Å². The van der Waals surface area contributed by atoms with Crippen LogP contribution >= 0.6 is 0 Å². The van der Waals surface area contributed by atoms with E-state index in [4.69, 9.17) is 5.11 Å². The van der Waals surface area contributed by atoms with Gasteiger partial charge in [0, 0.05) is 5.69 Å². The molecule has 98 valence electrons. The summed E-state index contributed by atoms with van der Waals surface area (Å²) < 4.78 is 1.95. The molecule has 0 bridgehead atoms. The van der Waals surface area contributed by atoms with Gasteiger partial charge >= 0.3 is 5.97 Å². The molecule has 0 fully saturated rings. The minimum atomic E-state index is -0.731. The number of carboxylic acid groups (broad SMARTS) is 1. The first kappa shape index (κ1) is 12.0. The minimum Gasteiger partial charge on any atom is -0.481 e. The van der Waals surface area contributed by atoms with Crippen LogP contribution in [0.4, 0.5) is 0 Å². The van der Waals surface area contributed by atoms with Crippen LogP contribution in [-0.2, 0) is 11.2 Å². The van der Waals surface area contributed by atoms with E-state index in [2.05, 4.69) is 5.10 Å². The molecule has 0 aliphatic heterocycles. The van der Waals surface area contributed by atoms with Gasteiger partial charge in [-0.1, -0.05) is 18.2 Å². The van der Waals surface area contributed by atoms with E-state index in [1.165, 1.54) is 5.69 Å². The zero-order valence-electron chi connectivity index (χ0n) is 10.6. The van der Waals surface area contributed by atoms with Crippen molar-refractivity contribution in [2.45, 2.75) is 31.6 Å². The second-order valence-electron chi connectivity index (χ2n) is 4.98. The van der Waals surface area contributed by atoms with Crippen LogP contribution in [0, 0.1) is 0 Å². The van der Waals surface area contributed by atoms with Crippen LogP contribution in [0.1, 0.15) is 36.4 Å². The summed E-state index contributed by atoms with van der Waals surface area (Å²) in [5, 5.41) is 13.4. The average molecular weight is 256 g/mol. The molecule has 1 aliphatic rings. The van der Waals surface area contributed by atoms with Crippen LogP contribution < -0.4 is 0 Å². The number of para-hydroxylation sites is 1. The number of benzene rings is 1. The molecule has 0 radical (unpaired) electrons. The fourth-order valence-electron chi connectivity index (χ4n) is 2.86. The summed E-state index contributed by atoms with van der Waals surface area (Å²) in [7, 11) is 0. The van der Waals surface area contributed by atoms with Crippen molar-refractivity contribution in [3.63, 3.8) is 0 Å². The Morgan fingerprint density at radius 3 is 2.89 bits per heavy atom. The Balaban J connectivity index is 1.98. The summed E-state index contributed by atoms with van der Waals surface area (Å²) >= 11 is 0. The number of carboxylic acids is 1. The monoisotopic (exact) mass is 256 g/mol. The number of aliphatic carboxylic acids is 1. The van der Waals surface area contributed by atoms with E-state index in [1.54, 1.807) is 0 Å². The topological polar surface area (TPSA) is 55.1 Å². The summed E-state index contributed by atoms with van der Waals surface area (Å²) in [6, 6.07) is 10.00. The molecular weight excluding hydrogens is 240 g/mol. The van der Waals surface area contributed by atoms with E-state index >= 15 is 0 Å². The Bertz CT molecular complexity index is 589. The normalized spacial score (nSPS) is 18.0. The molecule has 2 aromatic rings. The third kappa shape index (κ3) is 2.26. The molecule has 1 aromatic carbocycles. The van der Waals surface area contributed by atoms with E-state index in [0.717, 1.165) is 30.5 Å². The molecule has 0 spiro atoms.